The lowest BCUT2D eigenvalue weighted by molar-refractivity contribution is 1.44. The average molecular weight is 390 g/mol. The Hall–Kier alpha value is 0.1000. The summed E-state index contributed by atoms with van der Waals surface area (Å²) >= 11 is 10.6. The highest BCUT2D eigenvalue weighted by Gasteiger charge is 1.97. The van der Waals surface area contributed by atoms with Crippen LogP contribution in [0.5, 0.6) is 0 Å². The molecule has 0 spiro atoms. The summed E-state index contributed by atoms with van der Waals surface area (Å²) in [6.07, 6.45) is 0. The third kappa shape index (κ3) is 4.70. The summed E-state index contributed by atoms with van der Waals surface area (Å²) < 4.78 is 2.25. The normalized spacial score (nSPS) is 10.5. The monoisotopic (exact) mass is 388 g/mol. The molecule has 0 bridgehead atoms. The number of thioether (sulfide) groups is 2. The van der Waals surface area contributed by atoms with Gasteiger partial charge in [0.05, 0.1) is 0 Å². The van der Waals surface area contributed by atoms with Gasteiger partial charge < -0.3 is 0 Å². The summed E-state index contributed by atoms with van der Waals surface area (Å²) in [4.78, 5) is 2.61. The van der Waals surface area contributed by atoms with E-state index in [0.717, 1.165) is 14.0 Å². The van der Waals surface area contributed by atoms with Crippen LogP contribution in [-0.2, 0) is 0 Å². The second kappa shape index (κ2) is 6.88. The summed E-state index contributed by atoms with van der Waals surface area (Å²) in [5.41, 5.74) is 0. The van der Waals surface area contributed by atoms with Gasteiger partial charge in [0.15, 0.2) is 0 Å². The minimum atomic E-state index is 1.03. The van der Waals surface area contributed by atoms with E-state index >= 15 is 0 Å². The smallest absolute Gasteiger partial charge is 0.0486 e. The minimum Gasteiger partial charge on any atom is -0.115 e. The van der Waals surface area contributed by atoms with Gasteiger partial charge in [-0.1, -0.05) is 31.9 Å². The molecule has 2 rings (SSSR count). The van der Waals surface area contributed by atoms with Crippen molar-refractivity contribution in [2.24, 2.45) is 0 Å². The first-order chi connectivity index (χ1) is 8.24. The molecule has 0 aromatic heterocycles. The fourth-order valence-corrected chi connectivity index (χ4v) is 3.74. The highest BCUT2D eigenvalue weighted by molar-refractivity contribution is 9.10. The molecule has 0 unspecified atom stereocenters. The van der Waals surface area contributed by atoms with Crippen molar-refractivity contribution in [1.82, 2.24) is 0 Å². The predicted molar refractivity (Wildman–Crippen MR) is 84.9 cm³/mol. The number of hydrogen-bond donors (Lipinski definition) is 0. The lowest BCUT2D eigenvalue weighted by Gasteiger charge is -2.02. The van der Waals surface area contributed by atoms with E-state index in [-0.39, 0.29) is 0 Å². The zero-order valence-corrected chi connectivity index (χ0v) is 13.7. The highest BCUT2D eigenvalue weighted by Crippen LogP contribution is 2.29. The van der Waals surface area contributed by atoms with E-state index in [1.165, 1.54) is 9.79 Å². The van der Waals surface area contributed by atoms with Gasteiger partial charge in [-0.25, -0.2) is 0 Å². The van der Waals surface area contributed by atoms with Gasteiger partial charge in [-0.2, -0.15) is 0 Å². The zero-order valence-electron chi connectivity index (χ0n) is 8.90. The number of hydrogen-bond acceptors (Lipinski definition) is 2. The van der Waals surface area contributed by atoms with Crippen molar-refractivity contribution < 1.29 is 0 Å². The molecule has 0 aliphatic carbocycles. The number of halogens is 2. The summed E-state index contributed by atoms with van der Waals surface area (Å²) in [6.45, 7) is 0. The maximum atomic E-state index is 3.44. The van der Waals surface area contributed by atoms with Crippen molar-refractivity contribution in [3.63, 3.8) is 0 Å². The van der Waals surface area contributed by atoms with Crippen LogP contribution in [0.3, 0.4) is 0 Å². The van der Waals surface area contributed by atoms with Crippen molar-refractivity contribution in [1.29, 1.82) is 0 Å². The maximum Gasteiger partial charge on any atom is 0.0486 e. The summed E-state index contributed by atoms with van der Waals surface area (Å²) in [6, 6.07) is 16.8. The topological polar surface area (TPSA) is 0 Å². The van der Waals surface area contributed by atoms with Gasteiger partial charge in [-0.15, -0.1) is 23.5 Å². The number of benzene rings is 2. The molecule has 2 aromatic rings. The Bertz CT molecular complexity index is 420. The Morgan fingerprint density at radius 2 is 1.00 bits per heavy atom. The van der Waals surface area contributed by atoms with E-state index < -0.39 is 0 Å². The molecule has 0 heterocycles. The Morgan fingerprint density at radius 3 is 1.35 bits per heavy atom. The zero-order chi connectivity index (χ0) is 12.1. The molecule has 0 fully saturated rings. The Kier molecular flexibility index (Phi) is 5.48. The third-order valence-corrected chi connectivity index (χ3v) is 5.29. The quantitative estimate of drug-likeness (QED) is 0.460. The molecule has 0 atom stereocenters. The third-order valence-electron chi connectivity index (χ3n) is 2.08. The fraction of sp³-hybridized carbons (Fsp3) is 0.0769. The maximum absolute atomic E-state index is 3.44. The predicted octanol–water partition coefficient (Wildman–Crippen LogP) is 6.05. The van der Waals surface area contributed by atoms with Crippen LogP contribution in [0.2, 0.25) is 0 Å². The number of rotatable bonds is 4. The van der Waals surface area contributed by atoms with Gasteiger partial charge in [-0.3, -0.25) is 0 Å². The molecule has 88 valence electrons. The Labute approximate surface area is 127 Å². The average Bonchev–Trinajstić information content (AvgIpc) is 2.34. The van der Waals surface area contributed by atoms with Gasteiger partial charge in [0.2, 0.25) is 0 Å². The van der Waals surface area contributed by atoms with Crippen LogP contribution in [0.1, 0.15) is 0 Å². The molecule has 0 aliphatic heterocycles. The first-order valence-corrected chi connectivity index (χ1v) is 8.56. The molecule has 0 aliphatic rings. The molecule has 0 N–H and O–H groups in total. The largest absolute Gasteiger partial charge is 0.115 e. The molecule has 2 aromatic carbocycles. The van der Waals surface area contributed by atoms with Gasteiger partial charge >= 0.3 is 0 Å². The first-order valence-electron chi connectivity index (χ1n) is 5.01. The lowest BCUT2D eigenvalue weighted by atomic mass is 10.4. The SMILES string of the molecule is Brc1ccc(SCSc2ccc(Br)cc2)cc1. The Morgan fingerprint density at radius 1 is 0.647 bits per heavy atom. The molecule has 0 saturated carbocycles. The highest BCUT2D eigenvalue weighted by atomic mass is 79.9. The van der Waals surface area contributed by atoms with Crippen molar-refractivity contribution >= 4 is 55.4 Å². The van der Waals surface area contributed by atoms with Crippen molar-refractivity contribution in [3.05, 3.63) is 57.5 Å². The van der Waals surface area contributed by atoms with Crippen LogP contribution >= 0.6 is 55.4 Å². The molecular formula is C13H10Br2S2. The molecule has 17 heavy (non-hydrogen) atoms. The van der Waals surface area contributed by atoms with E-state index in [1.54, 1.807) is 0 Å². The molecule has 0 radical (unpaired) electrons. The molecular weight excluding hydrogens is 380 g/mol. The molecule has 4 heteroatoms. The van der Waals surface area contributed by atoms with Gasteiger partial charge in [-0.05, 0) is 48.5 Å². The molecule has 0 amide bonds. The van der Waals surface area contributed by atoms with Crippen molar-refractivity contribution in [3.8, 4) is 0 Å². The minimum absolute atomic E-state index is 1.03. The van der Waals surface area contributed by atoms with E-state index in [1.807, 2.05) is 23.5 Å². The van der Waals surface area contributed by atoms with Crippen LogP contribution in [0, 0.1) is 0 Å². The van der Waals surface area contributed by atoms with Crippen LogP contribution in [-0.4, -0.2) is 5.08 Å². The van der Waals surface area contributed by atoms with Gasteiger partial charge in [0, 0.05) is 23.8 Å². The van der Waals surface area contributed by atoms with Crippen molar-refractivity contribution in [2.45, 2.75) is 9.79 Å². The summed E-state index contributed by atoms with van der Waals surface area (Å²) in [5, 5.41) is 1.03. The summed E-state index contributed by atoms with van der Waals surface area (Å²) in [5.74, 6) is 0. The van der Waals surface area contributed by atoms with Crippen molar-refractivity contribution in [2.75, 3.05) is 5.08 Å². The van der Waals surface area contributed by atoms with E-state index in [0.29, 0.717) is 0 Å². The standard InChI is InChI=1S/C13H10Br2S2/c14-10-1-5-12(6-2-10)16-9-17-13-7-3-11(15)4-8-13/h1-8H,9H2. The van der Waals surface area contributed by atoms with E-state index in [4.69, 9.17) is 0 Å². The van der Waals surface area contributed by atoms with Crippen LogP contribution in [0.4, 0.5) is 0 Å². The fourth-order valence-electron chi connectivity index (χ4n) is 1.23. The van der Waals surface area contributed by atoms with Gasteiger partial charge in [0.1, 0.15) is 0 Å². The van der Waals surface area contributed by atoms with Crippen LogP contribution in [0.15, 0.2) is 67.3 Å². The van der Waals surface area contributed by atoms with E-state index in [2.05, 4.69) is 80.4 Å². The molecule has 0 nitrogen and oxygen atoms in total. The molecule has 0 saturated heterocycles. The summed E-state index contributed by atoms with van der Waals surface area (Å²) in [7, 11) is 0. The Balaban J connectivity index is 1.83. The van der Waals surface area contributed by atoms with Crippen LogP contribution in [0.25, 0.3) is 0 Å². The second-order valence-electron chi connectivity index (χ2n) is 3.31. The second-order valence-corrected chi connectivity index (χ2v) is 7.61. The first kappa shape index (κ1) is 13.5. The lowest BCUT2D eigenvalue weighted by Crippen LogP contribution is -1.75. The van der Waals surface area contributed by atoms with E-state index in [9.17, 15) is 0 Å². The van der Waals surface area contributed by atoms with Gasteiger partial charge in [0.25, 0.3) is 0 Å². The van der Waals surface area contributed by atoms with Crippen LogP contribution < -0.4 is 0 Å².